The largest absolute Gasteiger partial charge is 0.444 e. The van der Waals surface area contributed by atoms with Crippen LogP contribution in [0.2, 0.25) is 0 Å². The Balaban J connectivity index is 2.12. The first-order valence-electron chi connectivity index (χ1n) is 8.56. The molecule has 5 heteroatoms. The molecule has 2 amide bonds. The van der Waals surface area contributed by atoms with Crippen LogP contribution in [0.15, 0.2) is 30.3 Å². The van der Waals surface area contributed by atoms with Gasteiger partial charge < -0.3 is 15.4 Å². The highest BCUT2D eigenvalue weighted by Crippen LogP contribution is 2.07. The Morgan fingerprint density at radius 2 is 1.83 bits per heavy atom. The predicted molar refractivity (Wildman–Crippen MR) is 95.8 cm³/mol. The van der Waals surface area contributed by atoms with Gasteiger partial charge in [-0.1, -0.05) is 30.3 Å². The van der Waals surface area contributed by atoms with Gasteiger partial charge >= 0.3 is 6.09 Å². The van der Waals surface area contributed by atoms with Crippen molar-refractivity contribution in [2.75, 3.05) is 6.54 Å². The van der Waals surface area contributed by atoms with Crippen molar-refractivity contribution in [1.29, 1.82) is 0 Å². The molecule has 0 saturated carbocycles. The lowest BCUT2D eigenvalue weighted by atomic mass is 10.1. The number of benzene rings is 1. The zero-order chi connectivity index (χ0) is 18.0. The summed E-state index contributed by atoms with van der Waals surface area (Å²) in [4.78, 5) is 23.4. The molecule has 2 N–H and O–H groups in total. The van der Waals surface area contributed by atoms with E-state index in [2.05, 4.69) is 22.8 Å². The van der Waals surface area contributed by atoms with E-state index in [1.54, 1.807) is 0 Å². The number of carbonyl (C=O) groups excluding carboxylic acids is 2. The Morgan fingerprint density at radius 1 is 1.17 bits per heavy atom. The molecule has 0 saturated heterocycles. The number of ether oxygens (including phenoxy) is 1. The fourth-order valence-corrected chi connectivity index (χ4v) is 2.20. The molecule has 5 nitrogen and oxygen atoms in total. The number of carbonyl (C=O) groups is 2. The van der Waals surface area contributed by atoms with Crippen LogP contribution in [0.4, 0.5) is 4.79 Å². The molecule has 0 aliphatic heterocycles. The second-order valence-corrected chi connectivity index (χ2v) is 7.03. The molecule has 0 spiro atoms. The topological polar surface area (TPSA) is 67.4 Å². The Kier molecular flexibility index (Phi) is 8.30. The summed E-state index contributed by atoms with van der Waals surface area (Å²) in [6.07, 6.45) is 2.40. The van der Waals surface area contributed by atoms with Gasteiger partial charge in [-0.15, -0.1) is 0 Å². The fourth-order valence-electron chi connectivity index (χ4n) is 2.20. The van der Waals surface area contributed by atoms with Crippen LogP contribution in [0.25, 0.3) is 0 Å². The van der Waals surface area contributed by atoms with Crippen molar-refractivity contribution in [1.82, 2.24) is 10.6 Å². The van der Waals surface area contributed by atoms with E-state index in [4.69, 9.17) is 4.74 Å². The number of hydrogen-bond donors (Lipinski definition) is 2. The van der Waals surface area contributed by atoms with Crippen molar-refractivity contribution in [3.8, 4) is 0 Å². The van der Waals surface area contributed by atoms with Crippen molar-refractivity contribution in [3.63, 3.8) is 0 Å². The summed E-state index contributed by atoms with van der Waals surface area (Å²) in [6.45, 7) is 7.89. The van der Waals surface area contributed by atoms with E-state index < -0.39 is 11.7 Å². The van der Waals surface area contributed by atoms with E-state index in [1.807, 2.05) is 45.9 Å². The van der Waals surface area contributed by atoms with Crippen LogP contribution >= 0.6 is 0 Å². The maximum atomic E-state index is 11.9. The Labute approximate surface area is 145 Å². The molecule has 1 aromatic rings. The van der Waals surface area contributed by atoms with Crippen LogP contribution in [-0.4, -0.2) is 30.2 Å². The first-order valence-corrected chi connectivity index (χ1v) is 8.56. The molecule has 0 aliphatic rings. The van der Waals surface area contributed by atoms with Gasteiger partial charge in [0.25, 0.3) is 0 Å². The molecular weight excluding hydrogens is 304 g/mol. The van der Waals surface area contributed by atoms with E-state index in [-0.39, 0.29) is 11.9 Å². The number of rotatable bonds is 8. The summed E-state index contributed by atoms with van der Waals surface area (Å²) in [7, 11) is 0. The van der Waals surface area contributed by atoms with Gasteiger partial charge in [-0.05, 0) is 52.5 Å². The molecule has 1 unspecified atom stereocenters. The average molecular weight is 334 g/mol. The number of hydrogen-bond acceptors (Lipinski definition) is 3. The first kappa shape index (κ1) is 20.0. The van der Waals surface area contributed by atoms with Crippen LogP contribution in [-0.2, 0) is 16.0 Å². The lowest BCUT2D eigenvalue weighted by Crippen LogP contribution is -2.35. The van der Waals surface area contributed by atoms with E-state index in [0.29, 0.717) is 19.4 Å². The smallest absolute Gasteiger partial charge is 0.407 e. The van der Waals surface area contributed by atoms with Crippen molar-refractivity contribution in [2.24, 2.45) is 0 Å². The Morgan fingerprint density at radius 3 is 2.46 bits per heavy atom. The predicted octanol–water partition coefficient (Wildman–Crippen LogP) is 3.43. The van der Waals surface area contributed by atoms with Gasteiger partial charge in [-0.3, -0.25) is 4.79 Å². The van der Waals surface area contributed by atoms with E-state index in [1.165, 1.54) is 5.56 Å². The number of aryl methyl sites for hydroxylation is 1. The normalized spacial score (nSPS) is 12.3. The van der Waals surface area contributed by atoms with Crippen molar-refractivity contribution in [2.45, 2.75) is 65.0 Å². The molecule has 134 valence electrons. The Bertz CT molecular complexity index is 509. The minimum absolute atomic E-state index is 0.0153. The average Bonchev–Trinajstić information content (AvgIpc) is 2.49. The molecule has 0 bridgehead atoms. The van der Waals surface area contributed by atoms with Gasteiger partial charge in [0.1, 0.15) is 5.60 Å². The van der Waals surface area contributed by atoms with Gasteiger partial charge in [0.05, 0.1) is 0 Å². The maximum absolute atomic E-state index is 11.9. The summed E-state index contributed by atoms with van der Waals surface area (Å²) in [5.74, 6) is 0.0153. The maximum Gasteiger partial charge on any atom is 0.407 e. The first-order chi connectivity index (χ1) is 11.3. The molecule has 0 aromatic heterocycles. The summed E-state index contributed by atoms with van der Waals surface area (Å²) in [5, 5.41) is 5.65. The second-order valence-electron chi connectivity index (χ2n) is 7.03. The third-order valence-electron chi connectivity index (χ3n) is 3.37. The van der Waals surface area contributed by atoms with Gasteiger partial charge in [-0.25, -0.2) is 4.79 Å². The van der Waals surface area contributed by atoms with E-state index >= 15 is 0 Å². The van der Waals surface area contributed by atoms with Crippen molar-refractivity contribution in [3.05, 3.63) is 35.9 Å². The van der Waals surface area contributed by atoms with Crippen LogP contribution < -0.4 is 10.6 Å². The molecule has 0 heterocycles. The summed E-state index contributed by atoms with van der Waals surface area (Å²) in [5.41, 5.74) is 0.774. The van der Waals surface area contributed by atoms with Gasteiger partial charge in [0.2, 0.25) is 5.91 Å². The molecule has 0 aliphatic carbocycles. The van der Waals surface area contributed by atoms with Crippen LogP contribution in [0.1, 0.15) is 52.5 Å². The molecule has 24 heavy (non-hydrogen) atoms. The molecule has 1 aromatic carbocycles. The molecule has 0 fully saturated rings. The third kappa shape index (κ3) is 9.87. The second kappa shape index (κ2) is 9.96. The zero-order valence-electron chi connectivity index (χ0n) is 15.2. The van der Waals surface area contributed by atoms with E-state index in [0.717, 1.165) is 12.8 Å². The van der Waals surface area contributed by atoms with E-state index in [9.17, 15) is 9.59 Å². The standard InChI is InChI=1S/C19H30N2O3/c1-15(12-13-16-9-6-5-7-10-16)21-17(22)11-8-14-20-18(23)24-19(2,3)4/h5-7,9-10,15H,8,11-14H2,1-4H3,(H,20,23)(H,21,22). The molecular formula is C19H30N2O3. The highest BCUT2D eigenvalue weighted by Gasteiger charge is 2.15. The van der Waals surface area contributed by atoms with Crippen molar-refractivity contribution < 1.29 is 14.3 Å². The lowest BCUT2D eigenvalue weighted by molar-refractivity contribution is -0.121. The summed E-state index contributed by atoms with van der Waals surface area (Å²) < 4.78 is 5.13. The zero-order valence-corrected chi connectivity index (χ0v) is 15.2. The molecule has 1 atom stereocenters. The van der Waals surface area contributed by atoms with Crippen LogP contribution in [0, 0.1) is 0 Å². The minimum atomic E-state index is -0.504. The van der Waals surface area contributed by atoms with Gasteiger partial charge in [0, 0.05) is 19.0 Å². The van der Waals surface area contributed by atoms with Crippen LogP contribution in [0.5, 0.6) is 0 Å². The quantitative estimate of drug-likeness (QED) is 0.716. The number of alkyl carbamates (subject to hydrolysis) is 1. The van der Waals surface area contributed by atoms with Gasteiger partial charge in [0.15, 0.2) is 0 Å². The lowest BCUT2D eigenvalue weighted by Gasteiger charge is -2.19. The SMILES string of the molecule is CC(CCc1ccccc1)NC(=O)CCCNC(=O)OC(C)(C)C. The Hall–Kier alpha value is -2.04. The van der Waals surface area contributed by atoms with Gasteiger partial charge in [-0.2, -0.15) is 0 Å². The van der Waals surface area contributed by atoms with Crippen molar-refractivity contribution >= 4 is 12.0 Å². The minimum Gasteiger partial charge on any atom is -0.444 e. The third-order valence-corrected chi connectivity index (χ3v) is 3.37. The summed E-state index contributed by atoms with van der Waals surface area (Å²) >= 11 is 0. The highest BCUT2D eigenvalue weighted by molar-refractivity contribution is 5.76. The number of nitrogens with one attached hydrogen (secondary N) is 2. The molecule has 1 rings (SSSR count). The highest BCUT2D eigenvalue weighted by atomic mass is 16.6. The fraction of sp³-hybridized carbons (Fsp3) is 0.579. The molecule has 0 radical (unpaired) electrons. The van der Waals surface area contributed by atoms with Crippen LogP contribution in [0.3, 0.4) is 0 Å². The number of amides is 2. The summed E-state index contributed by atoms with van der Waals surface area (Å²) in [6, 6.07) is 10.4. The monoisotopic (exact) mass is 334 g/mol.